The largest absolute Gasteiger partial charge is 0.325 e. The predicted octanol–water partition coefficient (Wildman–Crippen LogP) is 1.80. The summed E-state index contributed by atoms with van der Waals surface area (Å²) in [4.78, 5) is 25.6. The van der Waals surface area contributed by atoms with E-state index in [0.29, 0.717) is 21.6 Å². The highest BCUT2D eigenvalue weighted by Crippen LogP contribution is 2.17. The fourth-order valence-electron chi connectivity index (χ4n) is 1.75. The van der Waals surface area contributed by atoms with Gasteiger partial charge >= 0.3 is 0 Å². The second-order valence-corrected chi connectivity index (χ2v) is 5.70. The van der Waals surface area contributed by atoms with E-state index in [0.717, 1.165) is 0 Å². The Bertz CT molecular complexity index is 874. The van der Waals surface area contributed by atoms with Gasteiger partial charge in [0.15, 0.2) is 5.16 Å². The van der Waals surface area contributed by atoms with Gasteiger partial charge in [0.1, 0.15) is 0 Å². The predicted molar refractivity (Wildman–Crippen MR) is 84.4 cm³/mol. The lowest BCUT2D eigenvalue weighted by atomic mass is 10.3. The van der Waals surface area contributed by atoms with Gasteiger partial charge in [-0.05, 0) is 24.3 Å². The highest BCUT2D eigenvalue weighted by Gasteiger charge is 2.09. The van der Waals surface area contributed by atoms with E-state index >= 15 is 0 Å². The number of benzene rings is 1. The van der Waals surface area contributed by atoms with Gasteiger partial charge in [-0.1, -0.05) is 23.4 Å². The quantitative estimate of drug-likeness (QED) is 0.709. The van der Waals surface area contributed by atoms with Crippen LogP contribution in [0.5, 0.6) is 0 Å². The van der Waals surface area contributed by atoms with Crippen molar-refractivity contribution in [2.45, 2.75) is 5.16 Å². The van der Waals surface area contributed by atoms with Gasteiger partial charge in [0, 0.05) is 23.0 Å². The number of hydrogen-bond donors (Lipinski definition) is 2. The van der Waals surface area contributed by atoms with Crippen molar-refractivity contribution < 1.29 is 4.79 Å². The zero-order valence-electron chi connectivity index (χ0n) is 11.1. The number of nitrogens with zero attached hydrogens (tertiary/aromatic N) is 3. The highest BCUT2D eigenvalue weighted by molar-refractivity contribution is 7.99. The SMILES string of the molecule is O=C(CSc1nnc2[nH]c(=O)ccn12)Nc1ccc(Cl)cc1. The van der Waals surface area contributed by atoms with Crippen LogP contribution in [0.4, 0.5) is 5.69 Å². The fraction of sp³-hybridized carbons (Fsp3) is 0.0769. The van der Waals surface area contributed by atoms with Crippen molar-refractivity contribution in [1.82, 2.24) is 19.6 Å². The van der Waals surface area contributed by atoms with Crippen LogP contribution in [-0.4, -0.2) is 31.2 Å². The van der Waals surface area contributed by atoms with Crippen LogP contribution in [-0.2, 0) is 4.79 Å². The van der Waals surface area contributed by atoms with E-state index in [1.807, 2.05) is 0 Å². The molecule has 7 nitrogen and oxygen atoms in total. The number of fused-ring (bicyclic) bond motifs is 1. The van der Waals surface area contributed by atoms with Crippen molar-refractivity contribution in [3.05, 3.63) is 51.9 Å². The first kappa shape index (κ1) is 14.6. The summed E-state index contributed by atoms with van der Waals surface area (Å²) in [6.45, 7) is 0. The zero-order chi connectivity index (χ0) is 15.5. The molecule has 0 bridgehead atoms. The minimum absolute atomic E-state index is 0.169. The van der Waals surface area contributed by atoms with Crippen LogP contribution in [0.3, 0.4) is 0 Å². The summed E-state index contributed by atoms with van der Waals surface area (Å²) in [5.74, 6) is 0.337. The van der Waals surface area contributed by atoms with Gasteiger partial charge in [-0.25, -0.2) is 0 Å². The summed E-state index contributed by atoms with van der Waals surface area (Å²) < 4.78 is 1.61. The maximum atomic E-state index is 11.9. The number of carbonyl (C=O) groups is 1. The second-order valence-electron chi connectivity index (χ2n) is 4.32. The van der Waals surface area contributed by atoms with Crippen LogP contribution in [0.25, 0.3) is 5.78 Å². The maximum absolute atomic E-state index is 11.9. The van der Waals surface area contributed by atoms with Gasteiger partial charge in [-0.3, -0.25) is 19.0 Å². The minimum Gasteiger partial charge on any atom is -0.325 e. The molecule has 0 spiro atoms. The Morgan fingerprint density at radius 1 is 1.27 bits per heavy atom. The van der Waals surface area contributed by atoms with Crippen molar-refractivity contribution >= 4 is 40.7 Å². The molecule has 0 saturated carbocycles. The molecule has 0 aliphatic rings. The van der Waals surface area contributed by atoms with Crippen LogP contribution in [0.1, 0.15) is 0 Å². The van der Waals surface area contributed by atoms with E-state index < -0.39 is 0 Å². The Labute approximate surface area is 133 Å². The lowest BCUT2D eigenvalue weighted by Gasteiger charge is -2.04. The van der Waals surface area contributed by atoms with Crippen molar-refractivity contribution in [2.24, 2.45) is 0 Å². The van der Waals surface area contributed by atoms with Gasteiger partial charge in [0.25, 0.3) is 5.56 Å². The number of hydrogen-bond acceptors (Lipinski definition) is 5. The second kappa shape index (κ2) is 6.20. The van der Waals surface area contributed by atoms with Gasteiger partial charge in [-0.2, -0.15) is 0 Å². The Hall–Kier alpha value is -2.32. The first-order valence-electron chi connectivity index (χ1n) is 6.24. The Morgan fingerprint density at radius 2 is 2.05 bits per heavy atom. The first-order chi connectivity index (χ1) is 10.6. The van der Waals surface area contributed by atoms with E-state index in [1.54, 1.807) is 34.9 Å². The summed E-state index contributed by atoms with van der Waals surface area (Å²) in [5.41, 5.74) is 0.419. The first-order valence-corrected chi connectivity index (χ1v) is 7.60. The third kappa shape index (κ3) is 3.29. The summed E-state index contributed by atoms with van der Waals surface area (Å²) in [6.07, 6.45) is 1.56. The number of amides is 1. The number of H-pyrrole nitrogens is 1. The molecule has 0 aliphatic carbocycles. The molecule has 0 fully saturated rings. The van der Waals surface area contributed by atoms with Crippen molar-refractivity contribution in [2.75, 3.05) is 11.1 Å². The summed E-state index contributed by atoms with van der Waals surface area (Å²) in [6, 6.07) is 8.22. The third-order valence-corrected chi connectivity index (χ3v) is 3.93. The van der Waals surface area contributed by atoms with E-state index in [9.17, 15) is 9.59 Å². The molecular weight excluding hydrogens is 326 g/mol. The standard InChI is InChI=1S/C13H10ClN5O2S/c14-8-1-3-9(4-2-8)15-11(21)7-22-13-18-17-12-16-10(20)5-6-19(12)13/h1-6H,7H2,(H,15,21)(H,16,17,20). The molecule has 0 saturated heterocycles. The van der Waals surface area contributed by atoms with Crippen molar-refractivity contribution in [3.8, 4) is 0 Å². The zero-order valence-corrected chi connectivity index (χ0v) is 12.7. The van der Waals surface area contributed by atoms with Crippen molar-refractivity contribution in [3.63, 3.8) is 0 Å². The molecule has 112 valence electrons. The summed E-state index contributed by atoms with van der Waals surface area (Å²) in [7, 11) is 0. The molecule has 1 aromatic carbocycles. The molecule has 0 radical (unpaired) electrons. The Kier molecular flexibility index (Phi) is 4.12. The van der Waals surface area contributed by atoms with Gasteiger partial charge < -0.3 is 5.32 Å². The van der Waals surface area contributed by atoms with Crippen LogP contribution >= 0.6 is 23.4 Å². The number of halogens is 1. The molecule has 0 unspecified atom stereocenters. The molecule has 22 heavy (non-hydrogen) atoms. The maximum Gasteiger partial charge on any atom is 0.252 e. The third-order valence-electron chi connectivity index (χ3n) is 2.73. The lowest BCUT2D eigenvalue weighted by molar-refractivity contribution is -0.113. The summed E-state index contributed by atoms with van der Waals surface area (Å²) >= 11 is 7.01. The average molecular weight is 336 g/mol. The molecule has 3 aromatic rings. The van der Waals surface area contributed by atoms with E-state index in [2.05, 4.69) is 20.5 Å². The van der Waals surface area contributed by atoms with Crippen LogP contribution < -0.4 is 10.9 Å². The molecule has 0 atom stereocenters. The molecule has 0 aliphatic heterocycles. The monoisotopic (exact) mass is 335 g/mol. The molecule has 2 heterocycles. The number of aromatic nitrogens is 4. The van der Waals surface area contributed by atoms with Gasteiger partial charge in [0.05, 0.1) is 5.75 Å². The van der Waals surface area contributed by atoms with Crippen LogP contribution in [0.2, 0.25) is 5.02 Å². The van der Waals surface area contributed by atoms with Gasteiger partial charge in [0.2, 0.25) is 11.7 Å². The van der Waals surface area contributed by atoms with Crippen molar-refractivity contribution in [1.29, 1.82) is 0 Å². The van der Waals surface area contributed by atoms with E-state index in [-0.39, 0.29) is 17.2 Å². The smallest absolute Gasteiger partial charge is 0.252 e. The fourth-order valence-corrected chi connectivity index (χ4v) is 2.59. The number of anilines is 1. The number of rotatable bonds is 4. The molecular formula is C13H10ClN5O2S. The minimum atomic E-state index is -0.253. The number of aromatic amines is 1. The van der Waals surface area contributed by atoms with Gasteiger partial charge in [-0.15, -0.1) is 10.2 Å². The van der Waals surface area contributed by atoms with Crippen LogP contribution in [0.15, 0.2) is 46.5 Å². The molecule has 1 amide bonds. The molecule has 3 rings (SSSR count). The topological polar surface area (TPSA) is 92.2 Å². The Morgan fingerprint density at radius 3 is 2.82 bits per heavy atom. The molecule has 9 heteroatoms. The van der Waals surface area contributed by atoms with E-state index in [1.165, 1.54) is 17.8 Å². The number of nitrogens with one attached hydrogen (secondary N) is 2. The summed E-state index contributed by atoms with van der Waals surface area (Å²) in [5, 5.41) is 11.7. The van der Waals surface area contributed by atoms with Crippen LogP contribution in [0, 0.1) is 0 Å². The lowest BCUT2D eigenvalue weighted by Crippen LogP contribution is -2.14. The average Bonchev–Trinajstić information content (AvgIpc) is 2.89. The normalized spacial score (nSPS) is 10.8. The number of carbonyl (C=O) groups excluding carboxylic acids is 1. The van der Waals surface area contributed by atoms with E-state index in [4.69, 9.17) is 11.6 Å². The Balaban J connectivity index is 1.65. The molecule has 2 N–H and O–H groups in total. The molecule has 2 aromatic heterocycles. The number of thioether (sulfide) groups is 1. The highest BCUT2D eigenvalue weighted by atomic mass is 35.5.